The van der Waals surface area contributed by atoms with Gasteiger partial charge in [0.2, 0.25) is 5.56 Å². The first kappa shape index (κ1) is 10.7. The number of aromatic nitrogens is 2. The molecule has 0 fully saturated rings. The predicted molar refractivity (Wildman–Crippen MR) is 72.5 cm³/mol. The van der Waals surface area contributed by atoms with Crippen LogP contribution in [0.5, 0.6) is 0 Å². The molecule has 1 aromatic carbocycles. The van der Waals surface area contributed by atoms with Gasteiger partial charge in [-0.2, -0.15) is 0 Å². The van der Waals surface area contributed by atoms with Crippen LogP contribution in [0.15, 0.2) is 53.3 Å². The minimum atomic E-state index is -0.125. The molecule has 3 heteroatoms. The normalized spacial score (nSPS) is 10.7. The van der Waals surface area contributed by atoms with E-state index in [1.807, 2.05) is 49.4 Å². The Kier molecular flexibility index (Phi) is 2.45. The lowest BCUT2D eigenvalue weighted by atomic mass is 10.1. The molecule has 0 atom stereocenters. The number of rotatable bonds is 1. The first-order chi connectivity index (χ1) is 8.74. The molecule has 18 heavy (non-hydrogen) atoms. The van der Waals surface area contributed by atoms with E-state index in [9.17, 15) is 4.79 Å². The van der Waals surface area contributed by atoms with Crippen molar-refractivity contribution in [1.82, 2.24) is 9.97 Å². The van der Waals surface area contributed by atoms with Crippen molar-refractivity contribution >= 4 is 11.0 Å². The number of fused-ring (bicyclic) bond motifs is 1. The van der Waals surface area contributed by atoms with E-state index >= 15 is 0 Å². The number of hydrogen-bond donors (Lipinski definition) is 1. The number of pyridine rings is 2. The Morgan fingerprint density at radius 2 is 1.83 bits per heavy atom. The fourth-order valence-corrected chi connectivity index (χ4v) is 2.06. The number of nitrogens with one attached hydrogen (secondary N) is 1. The molecule has 0 amide bonds. The van der Waals surface area contributed by atoms with Crippen molar-refractivity contribution in [2.75, 3.05) is 0 Å². The van der Waals surface area contributed by atoms with Crippen LogP contribution < -0.4 is 5.56 Å². The van der Waals surface area contributed by atoms with Gasteiger partial charge >= 0.3 is 0 Å². The molecular weight excluding hydrogens is 224 g/mol. The summed E-state index contributed by atoms with van der Waals surface area (Å²) in [6.07, 6.45) is 0. The summed E-state index contributed by atoms with van der Waals surface area (Å²) in [5.74, 6) is 0. The third-order valence-electron chi connectivity index (χ3n) is 2.98. The van der Waals surface area contributed by atoms with Crippen LogP contribution in [0.3, 0.4) is 0 Å². The number of benzene rings is 1. The van der Waals surface area contributed by atoms with Gasteiger partial charge in [-0.1, -0.05) is 30.3 Å². The average Bonchev–Trinajstić information content (AvgIpc) is 2.39. The maximum absolute atomic E-state index is 11.3. The fraction of sp³-hybridized carbons (Fsp3) is 0.0667. The molecule has 0 radical (unpaired) electrons. The van der Waals surface area contributed by atoms with Crippen LogP contribution in [0, 0.1) is 6.92 Å². The minimum absolute atomic E-state index is 0.125. The van der Waals surface area contributed by atoms with Crippen molar-refractivity contribution in [3.8, 4) is 11.3 Å². The van der Waals surface area contributed by atoms with Crippen LogP contribution in [-0.4, -0.2) is 9.97 Å². The zero-order valence-electron chi connectivity index (χ0n) is 9.97. The van der Waals surface area contributed by atoms with Gasteiger partial charge in [0.05, 0.1) is 5.69 Å². The quantitative estimate of drug-likeness (QED) is 0.706. The van der Waals surface area contributed by atoms with Crippen LogP contribution in [0.2, 0.25) is 0 Å². The highest BCUT2D eigenvalue weighted by molar-refractivity contribution is 5.81. The lowest BCUT2D eigenvalue weighted by molar-refractivity contribution is 1.22. The monoisotopic (exact) mass is 236 g/mol. The van der Waals surface area contributed by atoms with E-state index in [4.69, 9.17) is 0 Å². The third kappa shape index (κ3) is 1.80. The van der Waals surface area contributed by atoms with Crippen LogP contribution in [0.1, 0.15) is 5.56 Å². The Morgan fingerprint density at radius 1 is 1.06 bits per heavy atom. The maximum atomic E-state index is 11.3. The molecular formula is C15H12N2O. The van der Waals surface area contributed by atoms with Crippen molar-refractivity contribution in [2.24, 2.45) is 0 Å². The van der Waals surface area contributed by atoms with Gasteiger partial charge in [-0.25, -0.2) is 4.98 Å². The van der Waals surface area contributed by atoms with Gasteiger partial charge < -0.3 is 4.98 Å². The van der Waals surface area contributed by atoms with E-state index in [0.29, 0.717) is 5.65 Å². The number of aromatic amines is 1. The van der Waals surface area contributed by atoms with Gasteiger partial charge in [0.15, 0.2) is 0 Å². The van der Waals surface area contributed by atoms with Crippen LogP contribution in [0.4, 0.5) is 0 Å². The number of nitrogens with zero attached hydrogens (tertiary/aromatic N) is 1. The summed E-state index contributed by atoms with van der Waals surface area (Å²) in [7, 11) is 0. The van der Waals surface area contributed by atoms with E-state index in [1.54, 1.807) is 0 Å². The molecule has 0 aliphatic heterocycles. The molecule has 0 aliphatic rings. The zero-order chi connectivity index (χ0) is 12.5. The summed E-state index contributed by atoms with van der Waals surface area (Å²) in [5.41, 5.74) is 3.55. The van der Waals surface area contributed by atoms with Gasteiger partial charge in [0.25, 0.3) is 0 Å². The Balaban J connectivity index is 2.30. The van der Waals surface area contributed by atoms with Crippen molar-refractivity contribution in [2.45, 2.75) is 6.92 Å². The number of hydrogen-bond acceptors (Lipinski definition) is 2. The molecule has 0 bridgehead atoms. The molecule has 0 aliphatic carbocycles. The topological polar surface area (TPSA) is 45.8 Å². The first-order valence-electron chi connectivity index (χ1n) is 5.80. The van der Waals surface area contributed by atoms with Crippen LogP contribution in [0.25, 0.3) is 22.3 Å². The molecule has 3 rings (SSSR count). The van der Waals surface area contributed by atoms with E-state index in [1.165, 1.54) is 6.07 Å². The average molecular weight is 236 g/mol. The minimum Gasteiger partial charge on any atom is -0.307 e. The fourth-order valence-electron chi connectivity index (χ4n) is 2.06. The Hall–Kier alpha value is -2.42. The Labute approximate surface area is 104 Å². The summed E-state index contributed by atoms with van der Waals surface area (Å²) in [4.78, 5) is 18.6. The SMILES string of the molecule is Cc1cc(-c2ccccc2)nc2[nH]c(=O)ccc12. The highest BCUT2D eigenvalue weighted by Crippen LogP contribution is 2.22. The van der Waals surface area contributed by atoms with Crippen LogP contribution >= 0.6 is 0 Å². The zero-order valence-corrected chi connectivity index (χ0v) is 9.97. The molecule has 0 saturated heterocycles. The number of aryl methyl sites for hydroxylation is 1. The summed E-state index contributed by atoms with van der Waals surface area (Å²) < 4.78 is 0. The van der Waals surface area contributed by atoms with Gasteiger partial charge in [-0.05, 0) is 24.6 Å². The molecule has 2 aromatic heterocycles. The largest absolute Gasteiger partial charge is 0.307 e. The van der Waals surface area contributed by atoms with Crippen LogP contribution in [-0.2, 0) is 0 Å². The second kappa shape index (κ2) is 4.11. The summed E-state index contributed by atoms with van der Waals surface area (Å²) in [6.45, 7) is 2.02. The van der Waals surface area contributed by atoms with E-state index in [-0.39, 0.29) is 5.56 Å². The second-order valence-corrected chi connectivity index (χ2v) is 4.28. The van der Waals surface area contributed by atoms with Crippen molar-refractivity contribution in [1.29, 1.82) is 0 Å². The lowest BCUT2D eigenvalue weighted by Crippen LogP contribution is -2.04. The molecule has 2 heterocycles. The van der Waals surface area contributed by atoms with Crippen molar-refractivity contribution in [3.63, 3.8) is 0 Å². The molecule has 0 unspecified atom stereocenters. The summed E-state index contributed by atoms with van der Waals surface area (Å²) >= 11 is 0. The second-order valence-electron chi connectivity index (χ2n) is 4.28. The van der Waals surface area contributed by atoms with E-state index in [2.05, 4.69) is 9.97 Å². The van der Waals surface area contributed by atoms with Gasteiger partial charge in [0.1, 0.15) is 5.65 Å². The predicted octanol–water partition coefficient (Wildman–Crippen LogP) is 2.90. The lowest BCUT2D eigenvalue weighted by Gasteiger charge is -2.06. The summed E-state index contributed by atoms with van der Waals surface area (Å²) in [6, 6.07) is 15.3. The van der Waals surface area contributed by atoms with E-state index < -0.39 is 0 Å². The maximum Gasteiger partial charge on any atom is 0.249 e. The molecule has 88 valence electrons. The molecule has 3 aromatic rings. The van der Waals surface area contributed by atoms with Gasteiger partial charge in [-0.3, -0.25) is 4.79 Å². The molecule has 0 spiro atoms. The van der Waals surface area contributed by atoms with E-state index in [0.717, 1.165) is 22.2 Å². The standard InChI is InChI=1S/C15H12N2O/c1-10-9-13(11-5-3-2-4-6-11)16-15-12(10)7-8-14(18)17-15/h2-9H,1H3,(H,16,17,18). The number of H-pyrrole nitrogens is 1. The third-order valence-corrected chi connectivity index (χ3v) is 2.98. The van der Waals surface area contributed by atoms with Crippen molar-refractivity contribution < 1.29 is 0 Å². The highest BCUT2D eigenvalue weighted by atomic mass is 16.1. The Bertz CT molecular complexity index is 760. The smallest absolute Gasteiger partial charge is 0.249 e. The molecule has 1 N–H and O–H groups in total. The molecule has 0 saturated carbocycles. The van der Waals surface area contributed by atoms with Gasteiger partial charge in [-0.15, -0.1) is 0 Å². The molecule has 3 nitrogen and oxygen atoms in total. The Morgan fingerprint density at radius 3 is 2.61 bits per heavy atom. The first-order valence-corrected chi connectivity index (χ1v) is 5.80. The summed E-state index contributed by atoms with van der Waals surface area (Å²) in [5, 5.41) is 0.981. The highest BCUT2D eigenvalue weighted by Gasteiger charge is 2.05. The van der Waals surface area contributed by atoms with Crippen molar-refractivity contribution in [3.05, 3.63) is 64.4 Å². The van der Waals surface area contributed by atoms with Gasteiger partial charge in [0, 0.05) is 17.0 Å².